The number of ether oxygens (including phenoxy) is 2. The van der Waals surface area contributed by atoms with Gasteiger partial charge < -0.3 is 24.6 Å². The molecule has 1 atom stereocenters. The average Bonchev–Trinajstić information content (AvgIpc) is 3.14. The van der Waals surface area contributed by atoms with E-state index in [1.54, 1.807) is 12.1 Å². The first kappa shape index (κ1) is 25.7. The molecule has 0 radical (unpaired) electrons. The number of Topliss-reactive ketones (excluding diaryl/α,β-unsaturated/α-hetero) is 1. The average molecular weight is 495 g/mol. The molecule has 0 spiro atoms. The SMILES string of the molecule is CCCOc1cccc(C2/C(=C(\O)c3cc(C)ccc3O)C(=O)C(=O)N2CCCN2CCOCC2)c1. The van der Waals surface area contributed by atoms with Crippen molar-refractivity contribution in [3.63, 3.8) is 0 Å². The molecule has 0 bridgehead atoms. The number of aliphatic hydroxyl groups is 1. The second-order valence-corrected chi connectivity index (χ2v) is 9.24. The Bertz CT molecular complexity index is 1140. The summed E-state index contributed by atoms with van der Waals surface area (Å²) in [6.07, 6.45) is 1.52. The fraction of sp³-hybridized carbons (Fsp3) is 0.429. The molecule has 0 saturated carbocycles. The molecule has 2 aliphatic rings. The van der Waals surface area contributed by atoms with Crippen LogP contribution in [0.5, 0.6) is 11.5 Å². The number of carbonyl (C=O) groups excluding carboxylic acids is 2. The summed E-state index contributed by atoms with van der Waals surface area (Å²) >= 11 is 0. The highest BCUT2D eigenvalue weighted by atomic mass is 16.5. The highest BCUT2D eigenvalue weighted by Crippen LogP contribution is 2.41. The van der Waals surface area contributed by atoms with Crippen LogP contribution in [0.2, 0.25) is 0 Å². The molecule has 2 fully saturated rings. The van der Waals surface area contributed by atoms with Crippen LogP contribution in [-0.4, -0.2) is 77.7 Å². The van der Waals surface area contributed by atoms with E-state index in [2.05, 4.69) is 4.90 Å². The highest BCUT2D eigenvalue weighted by Gasteiger charge is 2.46. The van der Waals surface area contributed by atoms with Gasteiger partial charge in [0.25, 0.3) is 11.7 Å². The van der Waals surface area contributed by atoms with Crippen molar-refractivity contribution in [2.45, 2.75) is 32.7 Å². The first-order valence-electron chi connectivity index (χ1n) is 12.5. The van der Waals surface area contributed by atoms with E-state index < -0.39 is 17.7 Å². The topological polar surface area (TPSA) is 99.5 Å². The van der Waals surface area contributed by atoms with Crippen molar-refractivity contribution in [1.82, 2.24) is 9.80 Å². The van der Waals surface area contributed by atoms with Gasteiger partial charge in [0, 0.05) is 26.2 Å². The van der Waals surface area contributed by atoms with Crippen molar-refractivity contribution in [2.24, 2.45) is 0 Å². The number of likely N-dealkylation sites (tertiary alicyclic amines) is 1. The molecule has 0 aromatic heterocycles. The number of benzene rings is 2. The number of hydrogen-bond donors (Lipinski definition) is 2. The maximum Gasteiger partial charge on any atom is 0.295 e. The van der Waals surface area contributed by atoms with Crippen LogP contribution >= 0.6 is 0 Å². The molecule has 8 heteroatoms. The Labute approximate surface area is 211 Å². The zero-order chi connectivity index (χ0) is 25.7. The molecular formula is C28H34N2O6. The van der Waals surface area contributed by atoms with Crippen molar-refractivity contribution >= 4 is 17.4 Å². The summed E-state index contributed by atoms with van der Waals surface area (Å²) in [5, 5.41) is 21.7. The number of hydrogen-bond acceptors (Lipinski definition) is 7. The minimum absolute atomic E-state index is 0.0279. The molecule has 1 unspecified atom stereocenters. The third-order valence-electron chi connectivity index (χ3n) is 6.57. The van der Waals surface area contributed by atoms with E-state index >= 15 is 0 Å². The van der Waals surface area contributed by atoms with Gasteiger partial charge in [0.2, 0.25) is 0 Å². The normalized spacial score (nSPS) is 20.2. The standard InChI is InChI=1S/C28H34N2O6/c1-3-14-36-21-7-4-6-20(18-21)25-24(26(32)22-17-19(2)8-9-23(22)31)27(33)28(34)30(25)11-5-10-29-12-15-35-16-13-29/h4,6-9,17-18,25,31-32H,3,5,10-16H2,1-2H3/b26-24+. The summed E-state index contributed by atoms with van der Waals surface area (Å²) in [4.78, 5) is 30.3. The van der Waals surface area contributed by atoms with Crippen LogP contribution in [0.4, 0.5) is 0 Å². The van der Waals surface area contributed by atoms with E-state index in [0.29, 0.717) is 44.1 Å². The zero-order valence-corrected chi connectivity index (χ0v) is 20.9. The second-order valence-electron chi connectivity index (χ2n) is 9.24. The Hall–Kier alpha value is -3.36. The van der Waals surface area contributed by atoms with Crippen molar-refractivity contribution in [2.75, 3.05) is 46.0 Å². The molecule has 2 saturated heterocycles. The van der Waals surface area contributed by atoms with Gasteiger partial charge in [-0.2, -0.15) is 0 Å². The maximum atomic E-state index is 13.3. The number of amides is 1. The summed E-state index contributed by atoms with van der Waals surface area (Å²) in [7, 11) is 0. The quantitative estimate of drug-likeness (QED) is 0.312. The minimum atomic E-state index is -0.792. The number of ketones is 1. The summed E-state index contributed by atoms with van der Waals surface area (Å²) in [6.45, 7) is 8.57. The molecule has 2 N–H and O–H groups in total. The number of morpholine rings is 1. The van der Waals surface area contributed by atoms with Crippen molar-refractivity contribution < 1.29 is 29.3 Å². The first-order chi connectivity index (χ1) is 17.4. The Morgan fingerprint density at radius 2 is 1.89 bits per heavy atom. The van der Waals surface area contributed by atoms with Gasteiger partial charge in [0.15, 0.2) is 0 Å². The Kier molecular flexibility index (Phi) is 8.28. The van der Waals surface area contributed by atoms with E-state index in [1.165, 1.54) is 11.0 Å². The first-order valence-corrected chi connectivity index (χ1v) is 12.5. The summed E-state index contributed by atoms with van der Waals surface area (Å²) in [5.74, 6) is -1.32. The zero-order valence-electron chi connectivity index (χ0n) is 20.9. The highest BCUT2D eigenvalue weighted by molar-refractivity contribution is 6.46. The van der Waals surface area contributed by atoms with E-state index in [9.17, 15) is 19.8 Å². The Balaban J connectivity index is 1.71. The van der Waals surface area contributed by atoms with Gasteiger partial charge in [0.1, 0.15) is 17.3 Å². The van der Waals surface area contributed by atoms with Gasteiger partial charge in [-0.15, -0.1) is 0 Å². The van der Waals surface area contributed by atoms with Gasteiger partial charge in [0.05, 0.1) is 37.0 Å². The van der Waals surface area contributed by atoms with Crippen LogP contribution < -0.4 is 4.74 Å². The van der Waals surface area contributed by atoms with Crippen LogP contribution in [0, 0.1) is 6.92 Å². The lowest BCUT2D eigenvalue weighted by Crippen LogP contribution is -2.38. The van der Waals surface area contributed by atoms with Crippen LogP contribution in [0.15, 0.2) is 48.0 Å². The predicted molar refractivity (Wildman–Crippen MR) is 136 cm³/mol. The van der Waals surface area contributed by atoms with Gasteiger partial charge >= 0.3 is 0 Å². The molecule has 2 aliphatic heterocycles. The molecule has 1 amide bonds. The summed E-state index contributed by atoms with van der Waals surface area (Å²) < 4.78 is 11.2. The van der Waals surface area contributed by atoms with Crippen molar-refractivity contribution in [3.8, 4) is 11.5 Å². The number of phenolic OH excluding ortho intramolecular Hbond substituents is 1. The van der Waals surface area contributed by atoms with E-state index in [1.807, 2.05) is 38.1 Å². The van der Waals surface area contributed by atoms with Gasteiger partial charge in [-0.1, -0.05) is 30.7 Å². The number of aromatic hydroxyl groups is 1. The largest absolute Gasteiger partial charge is 0.507 e. The van der Waals surface area contributed by atoms with Crippen LogP contribution in [0.1, 0.15) is 42.5 Å². The minimum Gasteiger partial charge on any atom is -0.507 e. The molecule has 192 valence electrons. The predicted octanol–water partition coefficient (Wildman–Crippen LogP) is 3.63. The number of carbonyl (C=O) groups is 2. The maximum absolute atomic E-state index is 13.3. The lowest BCUT2D eigenvalue weighted by atomic mass is 9.94. The van der Waals surface area contributed by atoms with Gasteiger partial charge in [-0.3, -0.25) is 14.5 Å². The molecule has 8 nitrogen and oxygen atoms in total. The van der Waals surface area contributed by atoms with Crippen molar-refractivity contribution in [3.05, 3.63) is 64.7 Å². The lowest BCUT2D eigenvalue weighted by Gasteiger charge is -2.29. The van der Waals surface area contributed by atoms with Crippen molar-refractivity contribution in [1.29, 1.82) is 0 Å². The van der Waals surface area contributed by atoms with Crippen LogP contribution in [0.25, 0.3) is 5.76 Å². The Morgan fingerprint density at radius 3 is 2.64 bits per heavy atom. The number of nitrogens with zero attached hydrogens (tertiary/aromatic N) is 2. The molecule has 2 heterocycles. The van der Waals surface area contributed by atoms with Gasteiger partial charge in [-0.05, 0) is 49.6 Å². The molecule has 2 aromatic rings. The molecule has 4 rings (SSSR count). The van der Waals surface area contributed by atoms with Gasteiger partial charge in [-0.25, -0.2) is 0 Å². The number of phenols is 1. The molecule has 36 heavy (non-hydrogen) atoms. The third kappa shape index (κ3) is 5.55. The Morgan fingerprint density at radius 1 is 1.11 bits per heavy atom. The number of aliphatic hydroxyl groups excluding tert-OH is 1. The fourth-order valence-electron chi connectivity index (χ4n) is 4.73. The molecule has 0 aliphatic carbocycles. The summed E-state index contributed by atoms with van der Waals surface area (Å²) in [6, 6.07) is 11.3. The number of rotatable bonds is 9. The second kappa shape index (κ2) is 11.6. The molecule has 2 aromatic carbocycles. The van der Waals surface area contributed by atoms with Crippen LogP contribution in [0.3, 0.4) is 0 Å². The smallest absolute Gasteiger partial charge is 0.295 e. The summed E-state index contributed by atoms with van der Waals surface area (Å²) in [5.41, 5.74) is 1.58. The lowest BCUT2D eigenvalue weighted by molar-refractivity contribution is -0.140. The fourth-order valence-corrected chi connectivity index (χ4v) is 4.73. The van der Waals surface area contributed by atoms with E-state index in [4.69, 9.17) is 9.47 Å². The molecular weight excluding hydrogens is 460 g/mol. The van der Waals surface area contributed by atoms with E-state index in [-0.39, 0.29) is 22.6 Å². The third-order valence-corrected chi connectivity index (χ3v) is 6.57. The monoisotopic (exact) mass is 494 g/mol. The van der Waals surface area contributed by atoms with E-state index in [0.717, 1.165) is 31.6 Å². The number of aryl methyl sites for hydroxylation is 1. The van der Waals surface area contributed by atoms with Crippen LogP contribution in [-0.2, 0) is 14.3 Å².